The largest absolute Gasteiger partial charge is 0.458 e. The van der Waals surface area contributed by atoms with Crippen molar-refractivity contribution < 1.29 is 28.9 Å². The van der Waals surface area contributed by atoms with E-state index in [-0.39, 0.29) is 22.9 Å². The fourth-order valence-electron chi connectivity index (χ4n) is 3.42. The number of hydrogen-bond donors (Lipinski definition) is 4. The number of halogens is 1. The first kappa shape index (κ1) is 21.9. The molecule has 1 fully saturated rings. The number of nitrogens with two attached hydrogens (primary N) is 2. The third-order valence-corrected chi connectivity index (χ3v) is 5.20. The van der Waals surface area contributed by atoms with Gasteiger partial charge in [-0.3, -0.25) is 9.36 Å². The first-order valence-corrected chi connectivity index (χ1v) is 9.27. The number of ether oxygens (including phenoxy) is 2. The number of carbonyl (C=O) groups excluding carboxylic acids is 1. The van der Waals surface area contributed by atoms with Gasteiger partial charge < -0.3 is 31.2 Å². The summed E-state index contributed by atoms with van der Waals surface area (Å²) in [5, 5.41) is 21.1. The molecule has 2 aromatic rings. The molecule has 0 spiro atoms. The molecule has 0 unspecified atom stereocenters. The van der Waals surface area contributed by atoms with E-state index in [9.17, 15) is 15.0 Å². The van der Waals surface area contributed by atoms with Gasteiger partial charge in [0.05, 0.1) is 17.6 Å². The molecule has 0 amide bonds. The highest BCUT2D eigenvalue weighted by Gasteiger charge is 2.59. The molecule has 11 heteroatoms. The highest BCUT2D eigenvalue weighted by molar-refractivity contribution is 5.92. The van der Waals surface area contributed by atoms with E-state index in [0.29, 0.717) is 5.39 Å². The molecule has 162 valence electrons. The van der Waals surface area contributed by atoms with Gasteiger partial charge in [0.1, 0.15) is 29.9 Å². The van der Waals surface area contributed by atoms with E-state index in [2.05, 4.69) is 15.9 Å². The van der Waals surface area contributed by atoms with Gasteiger partial charge in [0, 0.05) is 12.6 Å². The normalized spacial score (nSPS) is 27.3. The van der Waals surface area contributed by atoms with Crippen LogP contribution in [0.4, 0.5) is 10.2 Å². The number of carbonyl (C=O) groups is 1. The van der Waals surface area contributed by atoms with Crippen LogP contribution in [0.2, 0.25) is 0 Å². The van der Waals surface area contributed by atoms with Crippen LogP contribution >= 0.6 is 0 Å². The molecule has 3 heterocycles. The third-order valence-electron chi connectivity index (χ3n) is 5.20. The van der Waals surface area contributed by atoms with Crippen LogP contribution in [0.1, 0.15) is 25.8 Å². The summed E-state index contributed by atoms with van der Waals surface area (Å²) in [7, 11) is 0. The number of terminal acetylenes is 1. The average molecular weight is 421 g/mol. The van der Waals surface area contributed by atoms with E-state index in [1.807, 2.05) is 0 Å². The molecule has 0 aliphatic carbocycles. The molecule has 1 saturated heterocycles. The molecule has 1 aliphatic rings. The van der Waals surface area contributed by atoms with Gasteiger partial charge >= 0.3 is 5.97 Å². The molecular weight excluding hydrogens is 397 g/mol. The zero-order valence-corrected chi connectivity index (χ0v) is 16.6. The predicted octanol–water partition coefficient (Wildman–Crippen LogP) is -0.387. The number of aromatic nitrogens is 3. The number of aliphatic hydroxyl groups excluding tert-OH is 2. The third kappa shape index (κ3) is 3.48. The lowest BCUT2D eigenvalue weighted by Gasteiger charge is -2.33. The van der Waals surface area contributed by atoms with Crippen molar-refractivity contribution in [3.8, 4) is 12.3 Å². The Kier molecular flexibility index (Phi) is 5.70. The Morgan fingerprint density at radius 2 is 2.27 bits per heavy atom. The highest BCUT2D eigenvalue weighted by Crippen LogP contribution is 2.44. The molecule has 0 saturated carbocycles. The van der Waals surface area contributed by atoms with Gasteiger partial charge in [0.2, 0.25) is 5.85 Å². The van der Waals surface area contributed by atoms with Crippen molar-refractivity contribution >= 4 is 22.8 Å². The topological polar surface area (TPSA) is 159 Å². The van der Waals surface area contributed by atoms with Crippen LogP contribution in [0.25, 0.3) is 11.0 Å². The van der Waals surface area contributed by atoms with Crippen LogP contribution in [0, 0.1) is 18.3 Å². The molecule has 4 atom stereocenters. The van der Waals surface area contributed by atoms with E-state index in [4.69, 9.17) is 27.4 Å². The molecule has 0 radical (unpaired) electrons. The van der Waals surface area contributed by atoms with Crippen molar-refractivity contribution in [2.45, 2.75) is 44.0 Å². The van der Waals surface area contributed by atoms with Crippen molar-refractivity contribution in [3.63, 3.8) is 0 Å². The molecule has 10 nitrogen and oxygen atoms in total. The molecule has 1 aliphatic heterocycles. The highest BCUT2D eigenvalue weighted by atomic mass is 19.2. The van der Waals surface area contributed by atoms with Crippen molar-refractivity contribution in [1.82, 2.24) is 14.5 Å². The Labute approximate surface area is 172 Å². The van der Waals surface area contributed by atoms with E-state index >= 15 is 4.39 Å². The quantitative estimate of drug-likeness (QED) is 0.360. The van der Waals surface area contributed by atoms with Crippen LogP contribution in [0.15, 0.2) is 12.5 Å². The Morgan fingerprint density at radius 3 is 2.87 bits per heavy atom. The minimum absolute atomic E-state index is 0.0791. The number of hydrogen-bond acceptors (Lipinski definition) is 9. The molecular formula is C19H24FN5O5. The number of esters is 1. The summed E-state index contributed by atoms with van der Waals surface area (Å²) in [6.45, 7) is 1.80. The number of aliphatic hydroxyl groups is 2. The van der Waals surface area contributed by atoms with Crippen molar-refractivity contribution in [1.29, 1.82) is 0 Å². The SMILES string of the molecule is C#Cc1cn([C@]2(CO)O[C@](F)(COC(=O)[C@@H](N)C(C)C)C[C@H]2O)c2ncnc(N)c12. The monoisotopic (exact) mass is 421 g/mol. The van der Waals surface area contributed by atoms with Crippen molar-refractivity contribution in [3.05, 3.63) is 18.1 Å². The van der Waals surface area contributed by atoms with Crippen LogP contribution in [0.5, 0.6) is 0 Å². The minimum atomic E-state index is -2.58. The van der Waals surface area contributed by atoms with Crippen LogP contribution in [-0.2, 0) is 20.0 Å². The number of alkyl halides is 1. The van der Waals surface area contributed by atoms with Crippen molar-refractivity contribution in [2.24, 2.45) is 11.7 Å². The lowest BCUT2D eigenvalue weighted by molar-refractivity contribution is -0.248. The Bertz CT molecular complexity index is 1010. The fraction of sp³-hybridized carbons (Fsp3) is 0.526. The Balaban J connectivity index is 1.96. The van der Waals surface area contributed by atoms with Gasteiger partial charge in [-0.2, -0.15) is 0 Å². The molecule has 0 bridgehead atoms. The zero-order valence-electron chi connectivity index (χ0n) is 16.6. The summed E-state index contributed by atoms with van der Waals surface area (Å²) in [6.07, 6.45) is 5.94. The fourth-order valence-corrected chi connectivity index (χ4v) is 3.42. The van der Waals surface area contributed by atoms with E-state index < -0.39 is 49.3 Å². The van der Waals surface area contributed by atoms with Crippen LogP contribution in [-0.4, -0.2) is 61.9 Å². The van der Waals surface area contributed by atoms with Gasteiger partial charge in [0.25, 0.3) is 0 Å². The summed E-state index contributed by atoms with van der Waals surface area (Å²) in [5.41, 5.74) is 10.0. The maximum absolute atomic E-state index is 15.4. The zero-order chi connectivity index (χ0) is 22.3. The summed E-state index contributed by atoms with van der Waals surface area (Å²) >= 11 is 0. The summed E-state index contributed by atoms with van der Waals surface area (Å²) in [6, 6.07) is -0.936. The van der Waals surface area contributed by atoms with Gasteiger partial charge in [0.15, 0.2) is 12.3 Å². The minimum Gasteiger partial charge on any atom is -0.458 e. The smallest absolute Gasteiger partial charge is 0.323 e. The number of fused-ring (bicyclic) bond motifs is 1. The second-order valence-corrected chi connectivity index (χ2v) is 7.60. The first-order valence-electron chi connectivity index (χ1n) is 9.27. The second-order valence-electron chi connectivity index (χ2n) is 7.60. The predicted molar refractivity (Wildman–Crippen MR) is 104 cm³/mol. The Hall–Kier alpha value is -2.78. The standard InChI is InChI=1S/C19H24FN5O5/c1-4-11-6-25(16-13(11)15(22)23-9-24-16)19(7-26)12(27)5-18(20,30-19)8-29-17(28)14(21)10(2)3/h1,6,9-10,12,14,26-27H,5,7-8,21H2,2-3H3,(H2,22,23,24)/t12-,14+,18+,19-/m1/s1. The molecule has 3 rings (SSSR count). The molecule has 2 aromatic heterocycles. The van der Waals surface area contributed by atoms with Gasteiger partial charge in [-0.25, -0.2) is 14.4 Å². The summed E-state index contributed by atoms with van der Waals surface area (Å²) in [5.74, 6) is -1.10. The van der Waals surface area contributed by atoms with E-state index in [0.717, 1.165) is 0 Å². The summed E-state index contributed by atoms with van der Waals surface area (Å²) in [4.78, 5) is 20.0. The van der Waals surface area contributed by atoms with Crippen molar-refractivity contribution in [2.75, 3.05) is 18.9 Å². The summed E-state index contributed by atoms with van der Waals surface area (Å²) < 4.78 is 27.1. The van der Waals surface area contributed by atoms with Gasteiger partial charge in [-0.1, -0.05) is 19.8 Å². The van der Waals surface area contributed by atoms with E-state index in [1.165, 1.54) is 17.1 Å². The Morgan fingerprint density at radius 1 is 1.57 bits per heavy atom. The average Bonchev–Trinajstić information content (AvgIpc) is 3.22. The van der Waals surface area contributed by atoms with Gasteiger partial charge in [-0.05, 0) is 5.92 Å². The van der Waals surface area contributed by atoms with Crippen LogP contribution in [0.3, 0.4) is 0 Å². The van der Waals surface area contributed by atoms with Gasteiger partial charge in [-0.15, -0.1) is 6.42 Å². The second kappa shape index (κ2) is 7.81. The number of anilines is 1. The molecule has 0 aromatic carbocycles. The molecule has 30 heavy (non-hydrogen) atoms. The molecule has 6 N–H and O–H groups in total. The number of nitrogens with zero attached hydrogens (tertiary/aromatic N) is 3. The number of rotatable bonds is 6. The maximum Gasteiger partial charge on any atom is 0.323 e. The first-order chi connectivity index (χ1) is 14.1. The maximum atomic E-state index is 15.4. The lowest BCUT2D eigenvalue weighted by Crippen LogP contribution is -2.47. The van der Waals surface area contributed by atoms with E-state index in [1.54, 1.807) is 13.8 Å². The number of nitrogen functional groups attached to an aromatic ring is 1. The van der Waals surface area contributed by atoms with Crippen LogP contribution < -0.4 is 11.5 Å². The lowest BCUT2D eigenvalue weighted by atomic mass is 10.0.